The van der Waals surface area contributed by atoms with E-state index in [1.165, 1.54) is 57.1 Å². The Hall–Kier alpha value is -14.0. The average molecular weight is 2040 g/mol. The summed E-state index contributed by atoms with van der Waals surface area (Å²) >= 11 is 3.97. The van der Waals surface area contributed by atoms with Crippen LogP contribution in [0.25, 0.3) is 30.6 Å². The SMILES string of the molecule is C=CCN(C(=O)NCc1ccccc1)N(CC(=O)N[C@@H](Cc1ccc(C)cc1)C(=O)N(Cc1cccc2sc(NC(=O)OC(C)(C)C)nc12)CC(OC)OCC)C(=O)OC(C)(C)C.C=CCN(C(=O)NCc1ccccc1)N1CC(=O)N2[C@@H](Cc3ccc(O)cc3)C(=O)N(Cc3cccc4sc(N)nc34)C[C@@H]21.CCOC(CN(Cc1cccc2sc(NC(=O)OC(C)(C)C)nc12)C(=O)[C@@H](N)Cc1ccc(C)cc1)OC. The fourth-order valence-corrected chi connectivity index (χ4v) is 18.5. The molecule has 0 aliphatic carbocycles. The van der Waals surface area contributed by atoms with E-state index in [-0.39, 0.29) is 108 Å². The number of aromatic hydroxyl groups is 1. The Kier molecular flexibility index (Phi) is 39.9. The zero-order valence-corrected chi connectivity index (χ0v) is 87.1. The van der Waals surface area contributed by atoms with Gasteiger partial charge in [0.15, 0.2) is 28.0 Å². The summed E-state index contributed by atoms with van der Waals surface area (Å²) in [5.41, 5.74) is 20.8. The summed E-state index contributed by atoms with van der Waals surface area (Å²) < 4.78 is 41.6. The molecule has 36 nitrogen and oxygen atoms in total. The standard InChI is InChI=1S/C46H61N7O9S.C32H33N7O4S.C28H38N4O5S/c1-11-25-52(42(56)47-27-33-17-14-13-15-18-33)53(44(58)62-46(7,8)9)29-37(54)48-35(26-32-23-21-31(3)22-24-32)40(55)51(30-38(59-10)60-12-2)28-34-19-16-20-36-39(34)49-41(63-36)50-43(57)61-45(4,5)6;1-2-15-37(32(43)34-17-22-7-4-3-5-8-22)38-20-28(41)39-25(16-21-11-13-24(40)14-12-21)30(42)36(19-27(38)39)18-23-9-6-10-26-29(23)35-31(33)44-26;1-7-36-23(35-6)17-32(25(33)21(29)15-19-13-11-18(2)12-14-19)16-20-9-8-10-22-24(20)30-26(38-22)31-27(34)37-28(3,4)5/h11,13-24,35,38H,1,12,25-30H2,2-10H3,(H,47,56)(H,48,54)(H,49,50,57);2-14,25,27,40H,1,15-20H2,(H2,33,35)(H,34,43);8-14,21,23H,7,15-17,29H2,1-6H3,(H,30,31,34)/t35-,38?;25-,27+;21-,23?/m000/s1. The molecule has 0 radical (unpaired) electrons. The quantitative estimate of drug-likeness (QED) is 0.00771. The highest BCUT2D eigenvalue weighted by Crippen LogP contribution is 2.36. The van der Waals surface area contributed by atoms with E-state index in [1.807, 2.05) is 191 Å². The van der Waals surface area contributed by atoms with Crippen LogP contribution in [0.5, 0.6) is 5.75 Å². The number of methoxy groups -OCH3 is 2. The van der Waals surface area contributed by atoms with E-state index >= 15 is 4.79 Å². The number of fused-ring (bicyclic) bond motifs is 4. The summed E-state index contributed by atoms with van der Waals surface area (Å²) in [6.45, 7) is 32.3. The number of nitrogens with zero attached hydrogens (tertiary/aromatic N) is 11. The lowest BCUT2D eigenvalue weighted by molar-refractivity contribution is -0.157. The van der Waals surface area contributed by atoms with Crippen LogP contribution in [0.4, 0.5) is 39.4 Å². The predicted molar refractivity (Wildman–Crippen MR) is 561 cm³/mol. The lowest BCUT2D eigenvalue weighted by Crippen LogP contribution is -2.66. The lowest BCUT2D eigenvalue weighted by Gasteiger charge is -2.46. The van der Waals surface area contributed by atoms with E-state index in [2.05, 4.69) is 49.7 Å². The number of carbonyl (C=O) groups is 10. The second kappa shape index (κ2) is 52.0. The third-order valence-electron chi connectivity index (χ3n) is 22.6. The molecule has 0 saturated carbocycles. The Labute approximate surface area is 857 Å². The molecule has 2 saturated heterocycles. The highest BCUT2D eigenvalue weighted by atomic mass is 32.1. The minimum atomic E-state index is -1.18. The highest BCUT2D eigenvalue weighted by Gasteiger charge is 2.52. The fourth-order valence-electron chi connectivity index (χ4n) is 15.9. The second-order valence-corrected chi connectivity index (χ2v) is 40.6. The number of hydrazine groups is 2. The Morgan fingerprint density at radius 3 is 1.49 bits per heavy atom. The number of aromatic nitrogens is 3. The molecule has 772 valence electrons. The molecule has 13 rings (SSSR count). The van der Waals surface area contributed by atoms with E-state index in [4.69, 9.17) is 49.6 Å². The van der Waals surface area contributed by atoms with Crippen LogP contribution < -0.4 is 38.1 Å². The van der Waals surface area contributed by atoms with E-state index in [9.17, 15) is 48.3 Å². The van der Waals surface area contributed by atoms with Crippen molar-refractivity contribution in [3.8, 4) is 5.75 Å². The number of nitrogen functional groups attached to an aromatic ring is 1. The number of phenols is 1. The predicted octanol–water partition coefficient (Wildman–Crippen LogP) is 15.7. The molecule has 145 heavy (non-hydrogen) atoms. The Bertz CT molecular complexity index is 6250. The smallest absolute Gasteiger partial charge is 0.429 e. The van der Waals surface area contributed by atoms with Crippen LogP contribution in [-0.4, -0.2) is 246 Å². The van der Waals surface area contributed by atoms with Gasteiger partial charge in [-0.15, -0.1) is 13.2 Å². The first-order valence-corrected chi connectivity index (χ1v) is 50.0. The number of thiazole rings is 3. The molecule has 2 aliphatic rings. The molecule has 2 unspecified atom stereocenters. The van der Waals surface area contributed by atoms with Gasteiger partial charge in [0.2, 0.25) is 29.5 Å². The lowest BCUT2D eigenvalue weighted by atomic mass is 9.99. The fraction of sp³-hybridized carbons (Fsp3) is 0.387. The number of urea groups is 2. The molecule has 6 atom stereocenters. The molecule has 8 aromatic carbocycles. The third kappa shape index (κ3) is 32.7. The summed E-state index contributed by atoms with van der Waals surface area (Å²) in [7, 11) is 3.02. The van der Waals surface area contributed by atoms with Gasteiger partial charge in [0.25, 0.3) is 0 Å². The summed E-state index contributed by atoms with van der Waals surface area (Å²) in [5.74, 6) is -1.78. The maximum absolute atomic E-state index is 15.0. The number of nitrogens with one attached hydrogen (secondary N) is 5. The Morgan fingerprint density at radius 1 is 0.545 bits per heavy atom. The first-order valence-electron chi connectivity index (χ1n) is 47.6. The number of hydrogen-bond acceptors (Lipinski definition) is 27. The number of rotatable bonds is 38. The number of carbonyl (C=O) groups excluding carboxylic acids is 10. The number of piperazine rings is 1. The van der Waals surface area contributed by atoms with Crippen LogP contribution in [0.15, 0.2) is 213 Å². The van der Waals surface area contributed by atoms with E-state index in [1.54, 1.807) is 119 Å². The molecular formula is C106H132N18O18S3. The first-order chi connectivity index (χ1) is 69.1. The van der Waals surface area contributed by atoms with Gasteiger partial charge in [0, 0.05) is 73.0 Å². The molecule has 12 amide bonds. The van der Waals surface area contributed by atoms with Crippen molar-refractivity contribution in [1.82, 2.24) is 70.5 Å². The zero-order valence-electron chi connectivity index (χ0n) is 84.6. The molecule has 3 aromatic heterocycles. The summed E-state index contributed by atoms with van der Waals surface area (Å²) in [4.78, 5) is 157. The van der Waals surface area contributed by atoms with Crippen molar-refractivity contribution in [2.75, 3.05) is 89.6 Å². The number of hydrogen-bond donors (Lipinski definition) is 8. The van der Waals surface area contributed by atoms with Gasteiger partial charge in [-0.05, 0) is 171 Å². The number of aryl methyl sites for hydroxylation is 2. The monoisotopic (exact) mass is 2040 g/mol. The van der Waals surface area contributed by atoms with Crippen LogP contribution in [0.3, 0.4) is 0 Å². The van der Waals surface area contributed by atoms with E-state index < -0.39 is 96.3 Å². The molecule has 5 heterocycles. The van der Waals surface area contributed by atoms with Crippen molar-refractivity contribution < 1.29 is 86.2 Å². The van der Waals surface area contributed by atoms with Gasteiger partial charge >= 0.3 is 30.3 Å². The van der Waals surface area contributed by atoms with E-state index in [0.29, 0.717) is 58.2 Å². The van der Waals surface area contributed by atoms with Gasteiger partial charge in [-0.25, -0.2) is 48.9 Å². The number of nitrogens with two attached hydrogens (primary N) is 2. The van der Waals surface area contributed by atoms with Gasteiger partial charge < -0.3 is 85.3 Å². The topological polar surface area (TPSA) is 432 Å². The normalized spacial score (nSPS) is 14.5. The average Bonchev–Trinajstić information content (AvgIpc) is 1.60. The number of anilines is 3. The van der Waals surface area contributed by atoms with Crippen molar-refractivity contribution >= 4 is 140 Å². The van der Waals surface area contributed by atoms with Crippen molar-refractivity contribution in [2.24, 2.45) is 5.73 Å². The van der Waals surface area contributed by atoms with Crippen LogP contribution in [0.1, 0.15) is 132 Å². The number of benzene rings is 8. The Balaban J connectivity index is 0.000000215. The van der Waals surface area contributed by atoms with Crippen molar-refractivity contribution in [3.63, 3.8) is 0 Å². The number of phenolic OH excluding ortho intramolecular Hbond substituents is 1. The molecule has 0 bridgehead atoms. The second-order valence-electron chi connectivity index (χ2n) is 37.5. The molecule has 2 fully saturated rings. The van der Waals surface area contributed by atoms with Gasteiger partial charge in [0.1, 0.15) is 47.3 Å². The molecule has 11 aromatic rings. The van der Waals surface area contributed by atoms with Crippen LogP contribution in [0.2, 0.25) is 0 Å². The summed E-state index contributed by atoms with van der Waals surface area (Å²) in [6, 6.07) is 54.2. The van der Waals surface area contributed by atoms with Crippen LogP contribution in [-0.2, 0) is 109 Å². The maximum Gasteiger partial charge on any atom is 0.429 e. The van der Waals surface area contributed by atoms with Crippen molar-refractivity contribution in [2.45, 2.75) is 196 Å². The number of para-hydroxylation sites is 3. The minimum absolute atomic E-state index is 0.0116. The molecule has 39 heteroatoms. The molecular weight excluding hydrogens is 1910 g/mol. The van der Waals surface area contributed by atoms with Crippen molar-refractivity contribution in [1.29, 1.82) is 0 Å². The third-order valence-corrected chi connectivity index (χ3v) is 25.3. The van der Waals surface area contributed by atoms with Gasteiger partial charge in [-0.2, -0.15) is 5.01 Å². The summed E-state index contributed by atoms with van der Waals surface area (Å²) in [5, 5.41) is 30.2. The van der Waals surface area contributed by atoms with E-state index in [0.717, 1.165) is 79.7 Å². The molecule has 2 aliphatic heterocycles. The van der Waals surface area contributed by atoms with Gasteiger partial charge in [-0.1, -0.05) is 215 Å². The number of ether oxygens (including phenoxy) is 7. The van der Waals surface area contributed by atoms with Crippen LogP contribution >= 0.6 is 34.0 Å². The van der Waals surface area contributed by atoms with Crippen molar-refractivity contribution in [3.05, 3.63) is 269 Å². The molecule has 10 N–H and O–H groups in total. The first kappa shape index (κ1) is 111. The largest absolute Gasteiger partial charge is 0.508 e. The van der Waals surface area contributed by atoms with Gasteiger partial charge in [-0.3, -0.25) is 39.6 Å². The highest BCUT2D eigenvalue weighted by molar-refractivity contribution is 7.23. The zero-order chi connectivity index (χ0) is 105. The number of amides is 12. The van der Waals surface area contributed by atoms with Gasteiger partial charge in [0.05, 0.1) is 76.0 Å². The molecule has 0 spiro atoms. The Morgan fingerprint density at radius 2 is 1.01 bits per heavy atom. The minimum Gasteiger partial charge on any atom is -0.508 e. The summed E-state index contributed by atoms with van der Waals surface area (Å²) in [6.07, 6.45) is -0.458. The maximum atomic E-state index is 15.0. The van der Waals surface area contributed by atoms with Crippen LogP contribution in [0, 0.1) is 13.8 Å².